The molecule has 2 rings (SSSR count). The zero-order valence-corrected chi connectivity index (χ0v) is 13.5. The van der Waals surface area contributed by atoms with Crippen molar-refractivity contribution < 1.29 is 9.90 Å². The number of hydrogen-bond acceptors (Lipinski definition) is 5. The lowest BCUT2D eigenvalue weighted by molar-refractivity contribution is 0.0691. The van der Waals surface area contributed by atoms with Crippen LogP contribution in [-0.4, -0.2) is 21.0 Å². The second kappa shape index (κ2) is 6.32. The molecule has 0 aliphatic rings. The summed E-state index contributed by atoms with van der Waals surface area (Å²) >= 11 is 4.99. The number of hydrogen-bond donors (Lipinski definition) is 2. The lowest BCUT2D eigenvalue weighted by Crippen LogP contribution is -2.11. The molecule has 0 spiro atoms. The van der Waals surface area contributed by atoms with Gasteiger partial charge in [-0.1, -0.05) is 13.8 Å². The van der Waals surface area contributed by atoms with E-state index in [2.05, 4.69) is 31.2 Å². The SMILES string of the molecule is CC(C)c1ncc(NCc2ccc(Br)s2)c(C(=O)O)n1. The molecule has 0 atom stereocenters. The van der Waals surface area contributed by atoms with Crippen LogP contribution < -0.4 is 5.32 Å². The molecule has 2 aromatic heterocycles. The van der Waals surface area contributed by atoms with Crippen LogP contribution in [0.4, 0.5) is 5.69 Å². The molecule has 0 aromatic carbocycles. The van der Waals surface area contributed by atoms with Crippen LogP contribution in [0.25, 0.3) is 0 Å². The maximum Gasteiger partial charge on any atom is 0.356 e. The Kier molecular flexibility index (Phi) is 4.72. The van der Waals surface area contributed by atoms with Crippen molar-refractivity contribution in [2.45, 2.75) is 26.3 Å². The van der Waals surface area contributed by atoms with E-state index in [9.17, 15) is 9.90 Å². The lowest BCUT2D eigenvalue weighted by Gasteiger charge is -2.10. The van der Waals surface area contributed by atoms with Crippen LogP contribution in [0, 0.1) is 0 Å². The quantitative estimate of drug-likeness (QED) is 0.854. The van der Waals surface area contributed by atoms with E-state index in [1.165, 1.54) is 6.20 Å². The fourth-order valence-electron chi connectivity index (χ4n) is 1.60. The Morgan fingerprint density at radius 2 is 2.25 bits per heavy atom. The predicted molar refractivity (Wildman–Crippen MR) is 82.4 cm³/mol. The summed E-state index contributed by atoms with van der Waals surface area (Å²) in [6.45, 7) is 4.40. The first kappa shape index (κ1) is 14.9. The highest BCUT2D eigenvalue weighted by molar-refractivity contribution is 9.11. The van der Waals surface area contributed by atoms with Crippen molar-refractivity contribution in [3.8, 4) is 0 Å². The largest absolute Gasteiger partial charge is 0.476 e. The van der Waals surface area contributed by atoms with Crippen molar-refractivity contribution in [1.82, 2.24) is 9.97 Å². The van der Waals surface area contributed by atoms with Gasteiger partial charge in [0.15, 0.2) is 5.69 Å². The zero-order chi connectivity index (χ0) is 14.7. The molecule has 0 fully saturated rings. The molecule has 5 nitrogen and oxygen atoms in total. The summed E-state index contributed by atoms with van der Waals surface area (Å²) in [6.07, 6.45) is 1.54. The van der Waals surface area contributed by atoms with Crippen LogP contribution in [0.15, 0.2) is 22.1 Å². The molecule has 0 unspecified atom stereocenters. The third kappa shape index (κ3) is 3.55. The Morgan fingerprint density at radius 3 is 2.80 bits per heavy atom. The standard InChI is InChI=1S/C13H14BrN3O2S/c1-7(2)12-16-6-9(11(17-12)13(18)19)15-5-8-3-4-10(14)20-8/h3-4,6-7,15H,5H2,1-2H3,(H,18,19). The van der Waals surface area contributed by atoms with Gasteiger partial charge in [0, 0.05) is 17.3 Å². The van der Waals surface area contributed by atoms with Crippen LogP contribution in [0.5, 0.6) is 0 Å². The topological polar surface area (TPSA) is 75.1 Å². The van der Waals surface area contributed by atoms with E-state index in [4.69, 9.17) is 0 Å². The maximum atomic E-state index is 11.3. The molecular formula is C13H14BrN3O2S. The van der Waals surface area contributed by atoms with Crippen molar-refractivity contribution in [3.05, 3.63) is 38.5 Å². The molecule has 2 heterocycles. The number of thiophene rings is 1. The number of aromatic nitrogens is 2. The van der Waals surface area contributed by atoms with Gasteiger partial charge in [0.2, 0.25) is 0 Å². The van der Waals surface area contributed by atoms with E-state index >= 15 is 0 Å². The summed E-state index contributed by atoms with van der Waals surface area (Å²) in [7, 11) is 0. The number of halogens is 1. The molecule has 0 saturated carbocycles. The van der Waals surface area contributed by atoms with Crippen molar-refractivity contribution in [2.24, 2.45) is 0 Å². The van der Waals surface area contributed by atoms with E-state index in [1.807, 2.05) is 26.0 Å². The summed E-state index contributed by atoms with van der Waals surface area (Å²) in [6, 6.07) is 3.93. The second-order valence-corrected chi connectivity index (χ2v) is 7.06. The van der Waals surface area contributed by atoms with Crippen molar-refractivity contribution >= 4 is 38.9 Å². The van der Waals surface area contributed by atoms with Gasteiger partial charge in [-0.05, 0) is 28.1 Å². The molecule has 0 amide bonds. The monoisotopic (exact) mass is 355 g/mol. The highest BCUT2D eigenvalue weighted by Gasteiger charge is 2.15. The molecule has 20 heavy (non-hydrogen) atoms. The number of carboxylic acids is 1. The van der Waals surface area contributed by atoms with Gasteiger partial charge in [0.25, 0.3) is 0 Å². The number of nitrogens with one attached hydrogen (secondary N) is 1. The third-order valence-electron chi connectivity index (χ3n) is 2.61. The molecule has 7 heteroatoms. The summed E-state index contributed by atoms with van der Waals surface area (Å²) < 4.78 is 1.04. The first-order valence-electron chi connectivity index (χ1n) is 6.05. The van der Waals surface area contributed by atoms with Crippen molar-refractivity contribution in [2.75, 3.05) is 5.32 Å². The summed E-state index contributed by atoms with van der Waals surface area (Å²) in [5, 5.41) is 12.3. The number of carbonyl (C=O) groups is 1. The fourth-order valence-corrected chi connectivity index (χ4v) is 3.02. The summed E-state index contributed by atoms with van der Waals surface area (Å²) in [5.41, 5.74) is 0.450. The number of anilines is 1. The van der Waals surface area contributed by atoms with E-state index in [0.717, 1.165) is 8.66 Å². The summed E-state index contributed by atoms with van der Waals surface area (Å²) in [5.74, 6) is -0.425. The van der Waals surface area contributed by atoms with Gasteiger partial charge in [0.1, 0.15) is 5.82 Å². The molecule has 0 radical (unpaired) electrons. The second-order valence-electron chi connectivity index (χ2n) is 4.51. The van der Waals surface area contributed by atoms with Crippen LogP contribution in [-0.2, 0) is 6.54 Å². The van der Waals surface area contributed by atoms with Gasteiger partial charge in [-0.25, -0.2) is 14.8 Å². The van der Waals surface area contributed by atoms with Crippen molar-refractivity contribution in [3.63, 3.8) is 0 Å². The number of rotatable bonds is 5. The van der Waals surface area contributed by atoms with Gasteiger partial charge in [0.05, 0.1) is 15.7 Å². The highest BCUT2D eigenvalue weighted by Crippen LogP contribution is 2.23. The van der Waals surface area contributed by atoms with Gasteiger partial charge in [-0.3, -0.25) is 0 Å². The Morgan fingerprint density at radius 1 is 1.50 bits per heavy atom. The van der Waals surface area contributed by atoms with Gasteiger partial charge in [-0.15, -0.1) is 11.3 Å². The van der Waals surface area contributed by atoms with Crippen LogP contribution in [0.2, 0.25) is 0 Å². The van der Waals surface area contributed by atoms with Crippen LogP contribution in [0.3, 0.4) is 0 Å². The smallest absolute Gasteiger partial charge is 0.356 e. The molecule has 0 aliphatic heterocycles. The molecule has 2 N–H and O–H groups in total. The first-order chi connectivity index (χ1) is 9.47. The third-order valence-corrected chi connectivity index (χ3v) is 4.23. The van der Waals surface area contributed by atoms with Gasteiger partial charge in [-0.2, -0.15) is 0 Å². The minimum absolute atomic E-state index is 0.0133. The summed E-state index contributed by atoms with van der Waals surface area (Å²) in [4.78, 5) is 20.7. The van der Waals surface area contributed by atoms with E-state index < -0.39 is 5.97 Å². The Bertz CT molecular complexity index is 628. The molecule has 2 aromatic rings. The van der Waals surface area contributed by atoms with E-state index in [1.54, 1.807) is 11.3 Å². The van der Waals surface area contributed by atoms with Crippen molar-refractivity contribution in [1.29, 1.82) is 0 Å². The Balaban J connectivity index is 2.20. The molecule has 0 bridgehead atoms. The minimum atomic E-state index is -1.05. The lowest BCUT2D eigenvalue weighted by atomic mass is 10.2. The molecule has 0 aliphatic carbocycles. The van der Waals surface area contributed by atoms with E-state index in [-0.39, 0.29) is 11.6 Å². The van der Waals surface area contributed by atoms with Gasteiger partial charge >= 0.3 is 5.97 Å². The number of carboxylic acid groups (broad SMARTS) is 1. The maximum absolute atomic E-state index is 11.3. The Labute approximate surface area is 129 Å². The Hall–Kier alpha value is -1.47. The molecule has 0 saturated heterocycles. The zero-order valence-electron chi connectivity index (χ0n) is 11.1. The number of aromatic carboxylic acids is 1. The fraction of sp³-hybridized carbons (Fsp3) is 0.308. The predicted octanol–water partition coefficient (Wildman–Crippen LogP) is 3.73. The highest BCUT2D eigenvalue weighted by atomic mass is 79.9. The molecule has 106 valence electrons. The van der Waals surface area contributed by atoms with Gasteiger partial charge < -0.3 is 10.4 Å². The average Bonchev–Trinajstić information content (AvgIpc) is 2.81. The van der Waals surface area contributed by atoms with Crippen LogP contribution in [0.1, 0.15) is 41.0 Å². The van der Waals surface area contributed by atoms with Crippen LogP contribution >= 0.6 is 27.3 Å². The number of nitrogens with zero attached hydrogens (tertiary/aromatic N) is 2. The first-order valence-corrected chi connectivity index (χ1v) is 7.66. The van der Waals surface area contributed by atoms with E-state index in [0.29, 0.717) is 18.1 Å². The minimum Gasteiger partial charge on any atom is -0.476 e. The normalized spacial score (nSPS) is 10.8. The molecular weight excluding hydrogens is 342 g/mol. The average molecular weight is 356 g/mol.